The average Bonchev–Trinajstić information content (AvgIpc) is 3.04. The van der Waals surface area contributed by atoms with Gasteiger partial charge in [-0.1, -0.05) is 19.1 Å². The summed E-state index contributed by atoms with van der Waals surface area (Å²) < 4.78 is 32.1. The molecule has 28 heavy (non-hydrogen) atoms. The zero-order valence-electron chi connectivity index (χ0n) is 16.2. The van der Waals surface area contributed by atoms with E-state index in [-0.39, 0.29) is 21.9 Å². The Kier molecular flexibility index (Phi) is 5.02. The molecule has 0 radical (unpaired) electrons. The third-order valence-electron chi connectivity index (χ3n) is 4.02. The average molecular weight is 405 g/mol. The minimum atomic E-state index is -3.79. The van der Waals surface area contributed by atoms with Crippen LogP contribution in [0.2, 0.25) is 0 Å². The van der Waals surface area contributed by atoms with Crippen LogP contribution in [0.5, 0.6) is 0 Å². The van der Waals surface area contributed by atoms with Crippen LogP contribution in [0, 0.1) is 5.92 Å². The van der Waals surface area contributed by atoms with Gasteiger partial charge in [-0.15, -0.1) is 0 Å². The van der Waals surface area contributed by atoms with Crippen molar-refractivity contribution in [1.82, 2.24) is 13.9 Å². The fraction of sp³-hybridized carbons (Fsp3) is 0.389. The Balaban J connectivity index is 1.93. The van der Waals surface area contributed by atoms with E-state index in [1.165, 1.54) is 18.5 Å². The molecule has 1 aliphatic rings. The standard InChI is InChI=1S/C18H23N5O4S/c1-12-5-7-13(8-6-12)28(25,26)22-10-9-14-16(22)20-11-15(21-14)23(19)17(24)27-18(2,3)4/h5,7-12H,6,19H2,1-4H3. The first-order valence-electron chi connectivity index (χ1n) is 8.75. The number of nitrogens with two attached hydrogens (primary N) is 1. The molecule has 9 nitrogen and oxygen atoms in total. The van der Waals surface area contributed by atoms with Crippen LogP contribution in [0.1, 0.15) is 34.1 Å². The molecule has 1 amide bonds. The maximum absolute atomic E-state index is 12.9. The molecule has 0 aliphatic heterocycles. The smallest absolute Gasteiger partial charge is 0.430 e. The van der Waals surface area contributed by atoms with Gasteiger partial charge < -0.3 is 4.74 Å². The van der Waals surface area contributed by atoms with E-state index in [2.05, 4.69) is 9.97 Å². The SMILES string of the molecule is CC1C=CC(S(=O)(=O)n2ccc3nc(N(N)C(=O)OC(C)(C)C)cnc32)=CC1. The van der Waals surface area contributed by atoms with Crippen LogP contribution < -0.4 is 10.9 Å². The highest BCUT2D eigenvalue weighted by atomic mass is 32.2. The Bertz CT molecular complexity index is 1080. The molecule has 0 spiro atoms. The number of rotatable bonds is 3. The first-order chi connectivity index (χ1) is 13.0. The summed E-state index contributed by atoms with van der Waals surface area (Å²) in [5.74, 6) is 6.11. The number of carbonyl (C=O) groups excluding carboxylic acids is 1. The highest BCUT2D eigenvalue weighted by Gasteiger charge is 2.25. The van der Waals surface area contributed by atoms with E-state index in [1.807, 2.05) is 13.0 Å². The number of hydrogen-bond donors (Lipinski definition) is 1. The van der Waals surface area contributed by atoms with Crippen molar-refractivity contribution in [3.8, 4) is 0 Å². The highest BCUT2D eigenvalue weighted by molar-refractivity contribution is 7.94. The Morgan fingerprint density at radius 1 is 1.39 bits per heavy atom. The summed E-state index contributed by atoms with van der Waals surface area (Å²) >= 11 is 0. The van der Waals surface area contributed by atoms with E-state index < -0.39 is 21.7 Å². The summed E-state index contributed by atoms with van der Waals surface area (Å²) in [7, 11) is -3.79. The maximum Gasteiger partial charge on any atom is 0.430 e. The van der Waals surface area contributed by atoms with Crippen LogP contribution in [0.3, 0.4) is 0 Å². The highest BCUT2D eigenvalue weighted by Crippen LogP contribution is 2.25. The number of anilines is 1. The van der Waals surface area contributed by atoms with Crippen molar-refractivity contribution in [3.63, 3.8) is 0 Å². The molecule has 150 valence electrons. The molecule has 0 bridgehead atoms. The molecule has 3 rings (SSSR count). The molecule has 0 saturated carbocycles. The van der Waals surface area contributed by atoms with Gasteiger partial charge in [-0.05, 0) is 45.3 Å². The van der Waals surface area contributed by atoms with Gasteiger partial charge in [0.25, 0.3) is 10.0 Å². The minimum Gasteiger partial charge on any atom is -0.442 e. The van der Waals surface area contributed by atoms with E-state index in [9.17, 15) is 13.2 Å². The normalized spacial score (nSPS) is 17.5. The minimum absolute atomic E-state index is 0.0440. The van der Waals surface area contributed by atoms with Crippen LogP contribution in [0.15, 0.2) is 41.6 Å². The fourth-order valence-corrected chi connectivity index (χ4v) is 3.98. The van der Waals surface area contributed by atoms with Gasteiger partial charge in [0.1, 0.15) is 11.1 Å². The predicted octanol–water partition coefficient (Wildman–Crippen LogP) is 2.70. The Labute approximate surface area is 163 Å². The van der Waals surface area contributed by atoms with Crippen LogP contribution in [0.25, 0.3) is 11.2 Å². The van der Waals surface area contributed by atoms with Gasteiger partial charge in [0.15, 0.2) is 11.5 Å². The van der Waals surface area contributed by atoms with Gasteiger partial charge in [-0.25, -0.2) is 33.0 Å². The Hall–Kier alpha value is -2.72. The number of hydrazine groups is 1. The molecule has 2 aromatic rings. The third-order valence-corrected chi connectivity index (χ3v) is 5.73. The first-order valence-corrected chi connectivity index (χ1v) is 10.2. The predicted molar refractivity (Wildman–Crippen MR) is 106 cm³/mol. The quantitative estimate of drug-likeness (QED) is 0.473. The summed E-state index contributed by atoms with van der Waals surface area (Å²) in [4.78, 5) is 20.7. The zero-order chi connectivity index (χ0) is 20.7. The topological polar surface area (TPSA) is 120 Å². The molecule has 0 aromatic carbocycles. The molecule has 2 aromatic heterocycles. The molecule has 2 heterocycles. The molecule has 1 atom stereocenters. The van der Waals surface area contributed by atoms with Gasteiger partial charge in [0, 0.05) is 6.20 Å². The summed E-state index contributed by atoms with van der Waals surface area (Å²) in [6, 6.07) is 1.50. The third kappa shape index (κ3) is 3.92. The largest absolute Gasteiger partial charge is 0.442 e. The molecular formula is C18H23N5O4S. The number of fused-ring (bicyclic) bond motifs is 1. The summed E-state index contributed by atoms with van der Waals surface area (Å²) in [6.07, 6.45) is 7.61. The van der Waals surface area contributed by atoms with Gasteiger partial charge >= 0.3 is 6.09 Å². The van der Waals surface area contributed by atoms with Crippen molar-refractivity contribution >= 4 is 33.1 Å². The fourth-order valence-electron chi connectivity index (χ4n) is 2.61. The zero-order valence-corrected chi connectivity index (χ0v) is 17.0. The summed E-state index contributed by atoms with van der Waals surface area (Å²) in [5.41, 5.74) is -0.286. The molecule has 0 fully saturated rings. The van der Waals surface area contributed by atoms with Gasteiger partial charge in [-0.2, -0.15) is 5.01 Å². The number of hydrogen-bond acceptors (Lipinski definition) is 7. The second-order valence-electron chi connectivity index (χ2n) is 7.58. The van der Waals surface area contributed by atoms with Crippen LogP contribution in [0.4, 0.5) is 10.6 Å². The molecule has 0 saturated heterocycles. The van der Waals surface area contributed by atoms with E-state index in [0.717, 1.165) is 8.98 Å². The number of ether oxygens (including phenoxy) is 1. The van der Waals surface area contributed by atoms with Crippen molar-refractivity contribution in [1.29, 1.82) is 0 Å². The number of carbonyl (C=O) groups is 1. The van der Waals surface area contributed by atoms with E-state index in [4.69, 9.17) is 10.6 Å². The lowest BCUT2D eigenvalue weighted by Gasteiger charge is -2.23. The molecule has 10 heteroatoms. The van der Waals surface area contributed by atoms with Crippen molar-refractivity contribution in [2.45, 2.75) is 39.7 Å². The lowest BCUT2D eigenvalue weighted by atomic mass is 10.0. The van der Waals surface area contributed by atoms with Gasteiger partial charge in [0.05, 0.1) is 11.1 Å². The number of amides is 1. The molecule has 1 unspecified atom stereocenters. The lowest BCUT2D eigenvalue weighted by Crippen LogP contribution is -2.42. The van der Waals surface area contributed by atoms with Crippen molar-refractivity contribution < 1.29 is 17.9 Å². The Morgan fingerprint density at radius 3 is 2.71 bits per heavy atom. The molecule has 1 aliphatic carbocycles. The van der Waals surface area contributed by atoms with E-state index in [1.54, 1.807) is 32.9 Å². The van der Waals surface area contributed by atoms with Gasteiger partial charge in [-0.3, -0.25) is 0 Å². The van der Waals surface area contributed by atoms with Crippen molar-refractivity contribution in [3.05, 3.63) is 41.6 Å². The van der Waals surface area contributed by atoms with Gasteiger partial charge in [0.2, 0.25) is 0 Å². The Morgan fingerprint density at radius 2 is 2.11 bits per heavy atom. The summed E-state index contributed by atoms with van der Waals surface area (Å²) in [5, 5.41) is 0.733. The van der Waals surface area contributed by atoms with E-state index >= 15 is 0 Å². The first kappa shape index (κ1) is 20.0. The second-order valence-corrected chi connectivity index (χ2v) is 9.40. The molecule has 2 N–H and O–H groups in total. The number of allylic oxidation sites excluding steroid dienone is 3. The summed E-state index contributed by atoms with van der Waals surface area (Å²) in [6.45, 7) is 7.16. The van der Waals surface area contributed by atoms with Crippen molar-refractivity contribution in [2.75, 3.05) is 5.01 Å². The van der Waals surface area contributed by atoms with E-state index in [0.29, 0.717) is 12.3 Å². The monoisotopic (exact) mass is 405 g/mol. The lowest BCUT2D eigenvalue weighted by molar-refractivity contribution is 0.0579. The van der Waals surface area contributed by atoms with Crippen LogP contribution >= 0.6 is 0 Å². The number of nitrogens with zero attached hydrogens (tertiary/aromatic N) is 4. The van der Waals surface area contributed by atoms with Crippen LogP contribution in [-0.4, -0.2) is 34.1 Å². The number of aromatic nitrogens is 3. The second kappa shape index (κ2) is 7.02. The van der Waals surface area contributed by atoms with Crippen LogP contribution in [-0.2, 0) is 14.8 Å². The molecular weight excluding hydrogens is 382 g/mol. The van der Waals surface area contributed by atoms with Crippen molar-refractivity contribution in [2.24, 2.45) is 11.8 Å². The maximum atomic E-state index is 12.9.